The fourth-order valence-electron chi connectivity index (χ4n) is 3.04. The van der Waals surface area contributed by atoms with Crippen molar-refractivity contribution in [2.45, 2.75) is 109 Å². The Morgan fingerprint density at radius 2 is 1.00 bits per heavy atom. The van der Waals surface area contributed by atoms with Crippen LogP contribution in [-0.2, 0) is 9.59 Å². The van der Waals surface area contributed by atoms with Gasteiger partial charge in [0.25, 0.3) is 0 Å². The molecule has 0 saturated heterocycles. The minimum Gasteiger partial charge on any atom is -0.481 e. The minimum atomic E-state index is -0.669. The lowest BCUT2D eigenvalue weighted by Crippen LogP contribution is -2.05. The Morgan fingerprint density at radius 1 is 0.640 bits per heavy atom. The van der Waals surface area contributed by atoms with Gasteiger partial charge in [0.1, 0.15) is 0 Å². The van der Waals surface area contributed by atoms with E-state index in [-0.39, 0.29) is 5.91 Å². The molecule has 0 unspecified atom stereocenters. The van der Waals surface area contributed by atoms with Crippen molar-refractivity contribution in [1.29, 1.82) is 0 Å². The molecule has 0 aromatic rings. The molecule has 0 spiro atoms. The molecular formula is C21H39NO3. The number of amides is 1. The Morgan fingerprint density at radius 3 is 1.36 bits per heavy atom. The first-order valence-corrected chi connectivity index (χ1v) is 10.3. The van der Waals surface area contributed by atoms with Crippen LogP contribution in [0.25, 0.3) is 0 Å². The SMILES string of the molecule is NC(=O)C=CCCCCCCCCCCCCCCCCCC(=O)O. The number of hydrogen-bond donors (Lipinski definition) is 2. The Bertz CT molecular complexity index is 353. The molecule has 0 atom stereocenters. The number of primary amides is 1. The minimum absolute atomic E-state index is 0.326. The highest BCUT2D eigenvalue weighted by molar-refractivity contribution is 5.85. The van der Waals surface area contributed by atoms with E-state index in [9.17, 15) is 9.59 Å². The van der Waals surface area contributed by atoms with E-state index in [1.807, 2.05) is 6.08 Å². The second kappa shape index (κ2) is 19.0. The number of hydrogen-bond acceptors (Lipinski definition) is 2. The number of allylic oxidation sites excluding steroid dienone is 1. The van der Waals surface area contributed by atoms with Gasteiger partial charge in [0.2, 0.25) is 5.91 Å². The summed E-state index contributed by atoms with van der Waals surface area (Å²) in [4.78, 5) is 20.9. The van der Waals surface area contributed by atoms with Crippen molar-refractivity contribution >= 4 is 11.9 Å². The van der Waals surface area contributed by atoms with Crippen LogP contribution in [0.4, 0.5) is 0 Å². The fraction of sp³-hybridized carbons (Fsp3) is 0.810. The molecule has 4 nitrogen and oxygen atoms in total. The molecule has 0 aromatic carbocycles. The van der Waals surface area contributed by atoms with Crippen LogP contribution in [0.1, 0.15) is 109 Å². The second-order valence-electron chi connectivity index (χ2n) is 7.04. The molecule has 4 heteroatoms. The van der Waals surface area contributed by atoms with Gasteiger partial charge >= 0.3 is 5.97 Å². The molecule has 1 amide bonds. The Hall–Kier alpha value is -1.32. The molecule has 0 saturated carbocycles. The van der Waals surface area contributed by atoms with E-state index in [0.717, 1.165) is 25.7 Å². The first-order valence-electron chi connectivity index (χ1n) is 10.3. The molecule has 0 aromatic heterocycles. The van der Waals surface area contributed by atoms with Gasteiger partial charge in [-0.3, -0.25) is 9.59 Å². The largest absolute Gasteiger partial charge is 0.481 e. The number of carbonyl (C=O) groups excluding carboxylic acids is 1. The lowest BCUT2D eigenvalue weighted by molar-refractivity contribution is -0.137. The van der Waals surface area contributed by atoms with Crippen molar-refractivity contribution < 1.29 is 14.7 Å². The highest BCUT2D eigenvalue weighted by Crippen LogP contribution is 2.14. The smallest absolute Gasteiger partial charge is 0.303 e. The number of nitrogens with two attached hydrogens (primary N) is 1. The van der Waals surface area contributed by atoms with Gasteiger partial charge in [-0.1, -0.05) is 89.5 Å². The lowest BCUT2D eigenvalue weighted by Gasteiger charge is -2.03. The normalized spacial score (nSPS) is 11.2. The van der Waals surface area contributed by atoms with E-state index >= 15 is 0 Å². The lowest BCUT2D eigenvalue weighted by atomic mass is 10.0. The first kappa shape index (κ1) is 23.7. The van der Waals surface area contributed by atoms with Crippen molar-refractivity contribution in [2.75, 3.05) is 0 Å². The predicted octanol–water partition coefficient (Wildman–Crippen LogP) is 5.74. The third-order valence-electron chi connectivity index (χ3n) is 4.54. The maximum Gasteiger partial charge on any atom is 0.303 e. The standard InChI is InChI=1S/C21H39NO3/c22-20(23)18-16-14-12-10-8-6-4-2-1-3-5-7-9-11-13-15-17-19-21(24)25/h16,18H,1-15,17,19H2,(H2,22,23)(H,24,25). The van der Waals surface area contributed by atoms with Crippen LogP contribution in [0.15, 0.2) is 12.2 Å². The molecule has 0 radical (unpaired) electrons. The molecule has 0 rings (SSSR count). The monoisotopic (exact) mass is 353 g/mol. The van der Waals surface area contributed by atoms with E-state index in [0.29, 0.717) is 6.42 Å². The number of aliphatic carboxylic acids is 1. The zero-order valence-electron chi connectivity index (χ0n) is 16.0. The predicted molar refractivity (Wildman–Crippen MR) is 104 cm³/mol. The molecule has 0 aliphatic rings. The zero-order chi connectivity index (χ0) is 18.6. The molecule has 0 bridgehead atoms. The summed E-state index contributed by atoms with van der Waals surface area (Å²) in [5, 5.41) is 8.55. The van der Waals surface area contributed by atoms with Gasteiger partial charge in [0.15, 0.2) is 0 Å². The highest BCUT2D eigenvalue weighted by atomic mass is 16.4. The van der Waals surface area contributed by atoms with Crippen molar-refractivity contribution in [3.05, 3.63) is 12.2 Å². The van der Waals surface area contributed by atoms with Crippen LogP contribution < -0.4 is 5.73 Å². The Kier molecular flexibility index (Phi) is 18.0. The summed E-state index contributed by atoms with van der Waals surface area (Å²) in [5.74, 6) is -1.02. The average Bonchev–Trinajstić information content (AvgIpc) is 2.56. The number of unbranched alkanes of at least 4 members (excludes halogenated alkanes) is 15. The van der Waals surface area contributed by atoms with Crippen molar-refractivity contribution in [3.63, 3.8) is 0 Å². The van der Waals surface area contributed by atoms with Gasteiger partial charge in [0, 0.05) is 6.42 Å². The number of carbonyl (C=O) groups is 2. The maximum atomic E-state index is 10.5. The number of carboxylic acids is 1. The van der Waals surface area contributed by atoms with Crippen molar-refractivity contribution in [3.8, 4) is 0 Å². The van der Waals surface area contributed by atoms with Gasteiger partial charge in [-0.2, -0.15) is 0 Å². The summed E-state index contributed by atoms with van der Waals surface area (Å²) in [7, 11) is 0. The van der Waals surface area contributed by atoms with Crippen molar-refractivity contribution in [2.24, 2.45) is 5.73 Å². The van der Waals surface area contributed by atoms with E-state index in [1.165, 1.54) is 83.1 Å². The Labute approximate surface area is 154 Å². The van der Waals surface area contributed by atoms with E-state index in [2.05, 4.69) is 0 Å². The number of carboxylic acid groups (broad SMARTS) is 1. The molecule has 25 heavy (non-hydrogen) atoms. The van der Waals surface area contributed by atoms with Crippen LogP contribution in [0.5, 0.6) is 0 Å². The fourth-order valence-corrected chi connectivity index (χ4v) is 3.04. The molecular weight excluding hydrogens is 314 g/mol. The first-order chi connectivity index (χ1) is 12.1. The van der Waals surface area contributed by atoms with Crippen LogP contribution in [0, 0.1) is 0 Å². The van der Waals surface area contributed by atoms with Crippen LogP contribution in [-0.4, -0.2) is 17.0 Å². The van der Waals surface area contributed by atoms with Crippen molar-refractivity contribution in [1.82, 2.24) is 0 Å². The topological polar surface area (TPSA) is 80.4 Å². The molecule has 146 valence electrons. The molecule has 0 aliphatic carbocycles. The quantitative estimate of drug-likeness (QED) is 0.229. The molecule has 0 fully saturated rings. The van der Waals surface area contributed by atoms with Crippen LogP contribution in [0.2, 0.25) is 0 Å². The summed E-state index contributed by atoms with van der Waals surface area (Å²) in [6.07, 6.45) is 23.4. The zero-order valence-corrected chi connectivity index (χ0v) is 16.0. The van der Waals surface area contributed by atoms with E-state index in [4.69, 9.17) is 10.8 Å². The summed E-state index contributed by atoms with van der Waals surface area (Å²) in [5.41, 5.74) is 5.03. The average molecular weight is 354 g/mol. The van der Waals surface area contributed by atoms with Gasteiger partial charge in [-0.05, 0) is 25.3 Å². The molecule has 0 aliphatic heterocycles. The molecule has 3 N–H and O–H groups in total. The van der Waals surface area contributed by atoms with Gasteiger partial charge in [-0.25, -0.2) is 0 Å². The summed E-state index contributed by atoms with van der Waals surface area (Å²) in [6.45, 7) is 0. The third-order valence-corrected chi connectivity index (χ3v) is 4.54. The van der Waals surface area contributed by atoms with Crippen LogP contribution in [0.3, 0.4) is 0 Å². The van der Waals surface area contributed by atoms with Gasteiger partial charge in [-0.15, -0.1) is 0 Å². The third kappa shape index (κ3) is 22.7. The van der Waals surface area contributed by atoms with Crippen LogP contribution >= 0.6 is 0 Å². The van der Waals surface area contributed by atoms with E-state index in [1.54, 1.807) is 0 Å². The summed E-state index contributed by atoms with van der Waals surface area (Å²) in [6, 6.07) is 0. The van der Waals surface area contributed by atoms with Gasteiger partial charge < -0.3 is 10.8 Å². The molecule has 0 heterocycles. The van der Waals surface area contributed by atoms with Gasteiger partial charge in [0.05, 0.1) is 0 Å². The Balaban J connectivity index is 3.05. The summed E-state index contributed by atoms with van der Waals surface area (Å²) >= 11 is 0. The van der Waals surface area contributed by atoms with E-state index < -0.39 is 5.97 Å². The number of rotatable bonds is 19. The summed E-state index contributed by atoms with van der Waals surface area (Å²) < 4.78 is 0. The highest BCUT2D eigenvalue weighted by Gasteiger charge is 1.97. The maximum absolute atomic E-state index is 10.5. The second-order valence-corrected chi connectivity index (χ2v) is 7.04.